The minimum absolute atomic E-state index is 0.274. The average Bonchev–Trinajstić information content (AvgIpc) is 2.67. The lowest BCUT2D eigenvalue weighted by molar-refractivity contribution is -0.143. The molecular weight excluding hydrogens is 192 g/mol. The molecule has 1 aromatic rings. The van der Waals surface area contributed by atoms with Gasteiger partial charge in [-0.15, -0.1) is 0 Å². The molecule has 0 radical (unpaired) electrons. The van der Waals surface area contributed by atoms with Crippen LogP contribution in [-0.2, 0) is 9.53 Å². The van der Waals surface area contributed by atoms with Crippen molar-refractivity contribution in [3.63, 3.8) is 0 Å². The van der Waals surface area contributed by atoms with Crippen molar-refractivity contribution in [1.29, 1.82) is 0 Å². The lowest BCUT2D eigenvalue weighted by atomic mass is 9.93. The van der Waals surface area contributed by atoms with Crippen molar-refractivity contribution in [1.82, 2.24) is 0 Å². The third-order valence-corrected chi connectivity index (χ3v) is 2.90. The van der Waals surface area contributed by atoms with Gasteiger partial charge >= 0.3 is 5.97 Å². The third kappa shape index (κ3) is 1.88. The van der Waals surface area contributed by atoms with Crippen molar-refractivity contribution in [2.45, 2.75) is 19.4 Å². The van der Waals surface area contributed by atoms with Crippen LogP contribution in [0.15, 0.2) is 24.3 Å². The van der Waals surface area contributed by atoms with Crippen LogP contribution in [0.1, 0.15) is 23.7 Å². The van der Waals surface area contributed by atoms with E-state index in [0.29, 0.717) is 13.0 Å². The van der Waals surface area contributed by atoms with Gasteiger partial charge in [-0.1, -0.05) is 24.3 Å². The normalized spacial score (nSPS) is 25.4. The molecule has 2 unspecified atom stereocenters. The molecule has 1 aliphatic heterocycles. The highest BCUT2D eigenvalue weighted by molar-refractivity contribution is 5.71. The monoisotopic (exact) mass is 206 g/mol. The number of aryl methyl sites for hydroxylation is 1. The molecule has 1 saturated heterocycles. The molecule has 0 bridgehead atoms. The molecular formula is C12H14O3. The Morgan fingerprint density at radius 1 is 1.47 bits per heavy atom. The van der Waals surface area contributed by atoms with Gasteiger partial charge in [-0.05, 0) is 24.5 Å². The highest BCUT2D eigenvalue weighted by atomic mass is 16.5. The van der Waals surface area contributed by atoms with Crippen LogP contribution in [0.25, 0.3) is 0 Å². The summed E-state index contributed by atoms with van der Waals surface area (Å²) >= 11 is 0. The molecule has 1 N–H and O–H groups in total. The smallest absolute Gasteiger partial charge is 0.309 e. The van der Waals surface area contributed by atoms with Crippen molar-refractivity contribution in [3.8, 4) is 0 Å². The summed E-state index contributed by atoms with van der Waals surface area (Å²) < 4.78 is 5.51. The molecule has 2 rings (SSSR count). The van der Waals surface area contributed by atoms with E-state index in [0.717, 1.165) is 11.1 Å². The molecule has 0 saturated carbocycles. The summed E-state index contributed by atoms with van der Waals surface area (Å²) in [6.45, 7) is 2.52. The number of ether oxygens (including phenoxy) is 1. The van der Waals surface area contributed by atoms with E-state index < -0.39 is 11.9 Å². The highest BCUT2D eigenvalue weighted by Gasteiger charge is 2.35. The Balaban J connectivity index is 2.30. The maximum Gasteiger partial charge on any atom is 0.309 e. The van der Waals surface area contributed by atoms with Crippen molar-refractivity contribution in [2.75, 3.05) is 6.61 Å². The Morgan fingerprint density at radius 2 is 2.20 bits per heavy atom. The van der Waals surface area contributed by atoms with Crippen molar-refractivity contribution >= 4 is 5.97 Å². The number of hydrogen-bond acceptors (Lipinski definition) is 2. The number of aliphatic carboxylic acids is 1. The van der Waals surface area contributed by atoms with Gasteiger partial charge in [0.05, 0.1) is 12.0 Å². The number of carboxylic acids is 1. The van der Waals surface area contributed by atoms with Gasteiger partial charge in [-0.3, -0.25) is 4.79 Å². The SMILES string of the molecule is Cc1ccccc1C1OCCC1C(=O)O. The zero-order valence-electron chi connectivity index (χ0n) is 8.64. The van der Waals surface area contributed by atoms with Gasteiger partial charge < -0.3 is 9.84 Å². The minimum atomic E-state index is -0.763. The van der Waals surface area contributed by atoms with Crippen LogP contribution in [0.2, 0.25) is 0 Å². The van der Waals surface area contributed by atoms with Gasteiger partial charge in [0.25, 0.3) is 0 Å². The van der Waals surface area contributed by atoms with E-state index >= 15 is 0 Å². The predicted molar refractivity (Wildman–Crippen MR) is 55.6 cm³/mol. The zero-order chi connectivity index (χ0) is 10.8. The lowest BCUT2D eigenvalue weighted by Gasteiger charge is -2.17. The van der Waals surface area contributed by atoms with Gasteiger partial charge in [0.15, 0.2) is 0 Å². The van der Waals surface area contributed by atoms with Gasteiger partial charge in [0.2, 0.25) is 0 Å². The second-order valence-corrected chi connectivity index (χ2v) is 3.88. The number of hydrogen-bond donors (Lipinski definition) is 1. The molecule has 0 amide bonds. The second kappa shape index (κ2) is 4.03. The first kappa shape index (κ1) is 10.2. The summed E-state index contributed by atoms with van der Waals surface area (Å²) in [5, 5.41) is 9.06. The summed E-state index contributed by atoms with van der Waals surface area (Å²) in [6, 6.07) is 7.80. The maximum absolute atomic E-state index is 11.0. The largest absolute Gasteiger partial charge is 0.481 e. The topological polar surface area (TPSA) is 46.5 Å². The highest BCUT2D eigenvalue weighted by Crippen LogP contribution is 2.35. The van der Waals surface area contributed by atoms with Crippen LogP contribution in [0.5, 0.6) is 0 Å². The third-order valence-electron chi connectivity index (χ3n) is 2.90. The Labute approximate surface area is 88.7 Å². The number of benzene rings is 1. The van der Waals surface area contributed by atoms with Crippen molar-refractivity contribution in [3.05, 3.63) is 35.4 Å². The Hall–Kier alpha value is -1.35. The fraction of sp³-hybridized carbons (Fsp3) is 0.417. The molecule has 2 atom stereocenters. The summed E-state index contributed by atoms with van der Waals surface area (Å²) in [6.07, 6.45) is 0.331. The fourth-order valence-electron chi connectivity index (χ4n) is 2.06. The van der Waals surface area contributed by atoms with Crippen LogP contribution < -0.4 is 0 Å². The van der Waals surface area contributed by atoms with Crippen molar-refractivity contribution in [2.24, 2.45) is 5.92 Å². The summed E-state index contributed by atoms with van der Waals surface area (Å²) in [7, 11) is 0. The van der Waals surface area contributed by atoms with Crippen LogP contribution in [0.4, 0.5) is 0 Å². The molecule has 3 heteroatoms. The first-order valence-electron chi connectivity index (χ1n) is 5.10. The van der Waals surface area contributed by atoms with Crippen LogP contribution in [-0.4, -0.2) is 17.7 Å². The van der Waals surface area contributed by atoms with E-state index in [1.807, 2.05) is 31.2 Å². The molecule has 3 nitrogen and oxygen atoms in total. The molecule has 0 spiro atoms. The standard InChI is InChI=1S/C12H14O3/c1-8-4-2-3-5-9(8)11-10(12(13)14)6-7-15-11/h2-5,10-11H,6-7H2,1H3,(H,13,14). The van der Waals surface area contributed by atoms with Gasteiger partial charge in [-0.2, -0.15) is 0 Å². The first-order chi connectivity index (χ1) is 7.20. The summed E-state index contributed by atoms with van der Waals surface area (Å²) in [4.78, 5) is 11.0. The molecule has 15 heavy (non-hydrogen) atoms. The first-order valence-corrected chi connectivity index (χ1v) is 5.10. The van der Waals surface area contributed by atoms with Crippen molar-refractivity contribution < 1.29 is 14.6 Å². The summed E-state index contributed by atoms with van der Waals surface area (Å²) in [5.74, 6) is -1.16. The zero-order valence-corrected chi connectivity index (χ0v) is 8.64. The van der Waals surface area contributed by atoms with E-state index in [-0.39, 0.29) is 6.10 Å². The molecule has 1 heterocycles. The number of carbonyl (C=O) groups is 1. The van der Waals surface area contributed by atoms with Crippen LogP contribution >= 0.6 is 0 Å². The number of carboxylic acid groups (broad SMARTS) is 1. The van der Waals surface area contributed by atoms with E-state index in [1.54, 1.807) is 0 Å². The molecule has 1 aromatic carbocycles. The quantitative estimate of drug-likeness (QED) is 0.806. The molecule has 80 valence electrons. The lowest BCUT2D eigenvalue weighted by Crippen LogP contribution is -2.18. The number of rotatable bonds is 2. The van der Waals surface area contributed by atoms with Crippen LogP contribution in [0, 0.1) is 12.8 Å². The molecule has 1 aliphatic rings. The van der Waals surface area contributed by atoms with E-state index in [4.69, 9.17) is 9.84 Å². The second-order valence-electron chi connectivity index (χ2n) is 3.88. The van der Waals surface area contributed by atoms with E-state index in [2.05, 4.69) is 0 Å². The van der Waals surface area contributed by atoms with E-state index in [1.165, 1.54) is 0 Å². The Morgan fingerprint density at radius 3 is 2.87 bits per heavy atom. The fourth-order valence-corrected chi connectivity index (χ4v) is 2.06. The molecule has 0 aliphatic carbocycles. The summed E-state index contributed by atoms with van der Waals surface area (Å²) in [5.41, 5.74) is 2.10. The Kier molecular flexibility index (Phi) is 2.73. The molecule has 0 aromatic heterocycles. The van der Waals surface area contributed by atoms with E-state index in [9.17, 15) is 4.79 Å². The predicted octanol–water partition coefficient (Wildman–Crippen LogP) is 2.16. The average molecular weight is 206 g/mol. The Bertz CT molecular complexity index is 373. The van der Waals surface area contributed by atoms with Gasteiger partial charge in [-0.25, -0.2) is 0 Å². The van der Waals surface area contributed by atoms with Gasteiger partial charge in [0, 0.05) is 6.61 Å². The minimum Gasteiger partial charge on any atom is -0.481 e. The van der Waals surface area contributed by atoms with Crippen LogP contribution in [0.3, 0.4) is 0 Å². The molecule has 1 fully saturated rings. The van der Waals surface area contributed by atoms with Gasteiger partial charge in [0.1, 0.15) is 0 Å². The maximum atomic E-state index is 11.0.